The van der Waals surface area contributed by atoms with Crippen molar-refractivity contribution in [3.63, 3.8) is 0 Å². The SMILES string of the molecule is CC(C)(C)c1[nH]nc2c1C(c1ccc(F)cc1)C(C#N)C(=N)O2. The van der Waals surface area contributed by atoms with Gasteiger partial charge in [-0.2, -0.15) is 5.26 Å². The zero-order chi connectivity index (χ0) is 16.8. The number of nitrogens with zero attached hydrogens (tertiary/aromatic N) is 2. The zero-order valence-corrected chi connectivity index (χ0v) is 13.1. The molecule has 0 aliphatic carbocycles. The third-order valence-electron chi connectivity index (χ3n) is 4.02. The molecule has 2 atom stereocenters. The molecule has 0 saturated heterocycles. The number of ether oxygens (including phenoxy) is 1. The number of aromatic nitrogens is 2. The molecule has 0 saturated carbocycles. The molecule has 2 N–H and O–H groups in total. The minimum absolute atomic E-state index is 0.138. The molecule has 5 nitrogen and oxygen atoms in total. The maximum absolute atomic E-state index is 13.3. The summed E-state index contributed by atoms with van der Waals surface area (Å²) in [4.78, 5) is 0. The first-order chi connectivity index (χ1) is 10.8. The molecule has 3 rings (SSSR count). The Kier molecular flexibility index (Phi) is 3.44. The van der Waals surface area contributed by atoms with Crippen molar-refractivity contribution in [3.8, 4) is 11.9 Å². The summed E-state index contributed by atoms with van der Waals surface area (Å²) < 4.78 is 18.7. The summed E-state index contributed by atoms with van der Waals surface area (Å²) in [6.07, 6.45) is 0. The lowest BCUT2D eigenvalue weighted by Crippen LogP contribution is -2.32. The van der Waals surface area contributed by atoms with Crippen molar-refractivity contribution in [2.45, 2.75) is 32.1 Å². The molecule has 6 heteroatoms. The maximum atomic E-state index is 13.3. The molecule has 0 bridgehead atoms. The Labute approximate surface area is 133 Å². The van der Waals surface area contributed by atoms with Crippen LogP contribution in [0.1, 0.15) is 43.5 Å². The van der Waals surface area contributed by atoms with Crippen molar-refractivity contribution < 1.29 is 9.13 Å². The van der Waals surface area contributed by atoms with Gasteiger partial charge in [0.2, 0.25) is 11.8 Å². The highest BCUT2D eigenvalue weighted by Crippen LogP contribution is 2.45. The number of hydrogen-bond donors (Lipinski definition) is 2. The summed E-state index contributed by atoms with van der Waals surface area (Å²) in [5.74, 6) is -1.34. The van der Waals surface area contributed by atoms with E-state index in [1.54, 1.807) is 12.1 Å². The number of hydrogen-bond acceptors (Lipinski definition) is 4. The third kappa shape index (κ3) is 2.48. The van der Waals surface area contributed by atoms with Gasteiger partial charge in [-0.25, -0.2) is 4.39 Å². The minimum atomic E-state index is -0.772. The standard InChI is InChI=1S/C17H17FN4O/c1-17(2,3)14-13-12(9-4-6-10(18)7-5-9)11(8-19)15(20)23-16(13)22-21-14/h4-7,11-12,20H,1-3H3,(H,21,22). The number of aromatic amines is 1. The lowest BCUT2D eigenvalue weighted by atomic mass is 9.76. The molecular weight excluding hydrogens is 295 g/mol. The second-order valence-corrected chi connectivity index (χ2v) is 6.67. The topological polar surface area (TPSA) is 85.5 Å². The van der Waals surface area contributed by atoms with Gasteiger partial charge in [-0.1, -0.05) is 32.9 Å². The van der Waals surface area contributed by atoms with Gasteiger partial charge < -0.3 is 4.74 Å². The van der Waals surface area contributed by atoms with Gasteiger partial charge in [-0.05, 0) is 17.7 Å². The summed E-state index contributed by atoms with van der Waals surface area (Å²) >= 11 is 0. The van der Waals surface area contributed by atoms with Crippen LogP contribution in [0.4, 0.5) is 4.39 Å². The largest absolute Gasteiger partial charge is 0.422 e. The number of nitriles is 1. The van der Waals surface area contributed by atoms with Crippen LogP contribution in [0.5, 0.6) is 5.88 Å². The molecule has 0 spiro atoms. The molecule has 0 fully saturated rings. The highest BCUT2D eigenvalue weighted by atomic mass is 19.1. The molecule has 0 radical (unpaired) electrons. The molecule has 0 amide bonds. The Morgan fingerprint density at radius 2 is 1.96 bits per heavy atom. The van der Waals surface area contributed by atoms with Crippen LogP contribution < -0.4 is 4.74 Å². The van der Waals surface area contributed by atoms with Crippen LogP contribution in [0.2, 0.25) is 0 Å². The Bertz CT molecular complexity index is 795. The molecule has 1 aromatic carbocycles. The second kappa shape index (κ2) is 5.20. The average Bonchev–Trinajstić information content (AvgIpc) is 2.90. The van der Waals surface area contributed by atoms with E-state index >= 15 is 0 Å². The van der Waals surface area contributed by atoms with Gasteiger partial charge in [0.05, 0.1) is 6.07 Å². The first-order valence-electron chi connectivity index (χ1n) is 7.33. The van der Waals surface area contributed by atoms with Gasteiger partial charge in [-0.15, -0.1) is 5.10 Å². The molecule has 1 aromatic heterocycles. The summed E-state index contributed by atoms with van der Waals surface area (Å²) in [6, 6.07) is 8.15. The summed E-state index contributed by atoms with van der Waals surface area (Å²) in [5.41, 5.74) is 2.15. The number of nitrogens with one attached hydrogen (secondary N) is 2. The van der Waals surface area contributed by atoms with Gasteiger partial charge in [0.1, 0.15) is 11.7 Å². The van der Waals surface area contributed by atoms with Gasteiger partial charge in [0.15, 0.2) is 0 Å². The summed E-state index contributed by atoms with van der Waals surface area (Å²) in [5, 5.41) is 24.7. The van der Waals surface area contributed by atoms with E-state index in [1.165, 1.54) is 12.1 Å². The van der Waals surface area contributed by atoms with Crippen LogP contribution in [0, 0.1) is 28.5 Å². The van der Waals surface area contributed by atoms with Crippen molar-refractivity contribution in [2.75, 3.05) is 0 Å². The molecular formula is C17H17FN4O. The van der Waals surface area contributed by atoms with Crippen molar-refractivity contribution in [3.05, 3.63) is 46.9 Å². The molecule has 1 aliphatic rings. The van der Waals surface area contributed by atoms with E-state index in [-0.39, 0.29) is 17.1 Å². The van der Waals surface area contributed by atoms with Crippen LogP contribution in [0.3, 0.4) is 0 Å². The molecule has 2 unspecified atom stereocenters. The van der Waals surface area contributed by atoms with Gasteiger partial charge >= 0.3 is 0 Å². The van der Waals surface area contributed by atoms with E-state index in [0.717, 1.165) is 16.8 Å². The average molecular weight is 312 g/mol. The third-order valence-corrected chi connectivity index (χ3v) is 4.02. The maximum Gasteiger partial charge on any atom is 0.243 e. The van der Waals surface area contributed by atoms with Crippen LogP contribution in [-0.4, -0.2) is 16.1 Å². The van der Waals surface area contributed by atoms with Crippen LogP contribution in [0.15, 0.2) is 24.3 Å². The first kappa shape index (κ1) is 15.2. The summed E-state index contributed by atoms with van der Waals surface area (Å²) in [6.45, 7) is 6.09. The highest BCUT2D eigenvalue weighted by molar-refractivity contribution is 5.84. The predicted molar refractivity (Wildman–Crippen MR) is 83.0 cm³/mol. The molecule has 2 aromatic rings. The van der Waals surface area contributed by atoms with Crippen LogP contribution in [-0.2, 0) is 5.41 Å². The van der Waals surface area contributed by atoms with E-state index < -0.39 is 11.8 Å². The predicted octanol–water partition coefficient (Wildman–Crippen LogP) is 3.49. The Morgan fingerprint density at radius 3 is 2.52 bits per heavy atom. The first-order valence-corrected chi connectivity index (χ1v) is 7.33. The molecule has 23 heavy (non-hydrogen) atoms. The Hall–Kier alpha value is -2.68. The number of H-pyrrole nitrogens is 1. The Morgan fingerprint density at radius 1 is 1.30 bits per heavy atom. The van der Waals surface area contributed by atoms with Crippen molar-refractivity contribution >= 4 is 5.90 Å². The van der Waals surface area contributed by atoms with E-state index in [4.69, 9.17) is 10.1 Å². The normalized spacial score (nSPS) is 20.6. The smallest absolute Gasteiger partial charge is 0.243 e. The Balaban J connectivity index is 2.23. The number of rotatable bonds is 1. The highest BCUT2D eigenvalue weighted by Gasteiger charge is 2.42. The van der Waals surface area contributed by atoms with Crippen molar-refractivity contribution in [1.29, 1.82) is 10.7 Å². The second-order valence-electron chi connectivity index (χ2n) is 6.67. The lowest BCUT2D eigenvalue weighted by molar-refractivity contribution is 0.433. The van der Waals surface area contributed by atoms with Crippen molar-refractivity contribution in [1.82, 2.24) is 10.2 Å². The van der Waals surface area contributed by atoms with Gasteiger partial charge in [-0.3, -0.25) is 10.5 Å². The minimum Gasteiger partial charge on any atom is -0.422 e. The molecule has 1 aliphatic heterocycles. The van der Waals surface area contributed by atoms with Gasteiger partial charge in [0, 0.05) is 22.6 Å². The fourth-order valence-corrected chi connectivity index (χ4v) is 2.92. The van der Waals surface area contributed by atoms with E-state index in [9.17, 15) is 9.65 Å². The number of fused-ring (bicyclic) bond motifs is 1. The lowest BCUT2D eigenvalue weighted by Gasteiger charge is -2.30. The quantitative estimate of drug-likeness (QED) is 0.845. The van der Waals surface area contributed by atoms with Gasteiger partial charge in [0.25, 0.3) is 0 Å². The van der Waals surface area contributed by atoms with E-state index in [0.29, 0.717) is 5.88 Å². The monoisotopic (exact) mass is 312 g/mol. The summed E-state index contributed by atoms with van der Waals surface area (Å²) in [7, 11) is 0. The zero-order valence-electron chi connectivity index (χ0n) is 13.1. The van der Waals surface area contributed by atoms with Crippen molar-refractivity contribution in [2.24, 2.45) is 5.92 Å². The van der Waals surface area contributed by atoms with Crippen LogP contribution >= 0.6 is 0 Å². The number of benzene rings is 1. The molecule has 2 heterocycles. The number of halogens is 1. The van der Waals surface area contributed by atoms with E-state index in [2.05, 4.69) is 16.3 Å². The molecule has 118 valence electrons. The van der Waals surface area contributed by atoms with Crippen LogP contribution in [0.25, 0.3) is 0 Å². The van der Waals surface area contributed by atoms with E-state index in [1.807, 2.05) is 20.8 Å². The fraction of sp³-hybridized carbons (Fsp3) is 0.353. The fourth-order valence-electron chi connectivity index (χ4n) is 2.92.